The number of aromatic amines is 1. The number of ether oxygens (including phenoxy) is 1. The largest absolute Gasteiger partial charge is 0.496 e. The van der Waals surface area contributed by atoms with Crippen LogP contribution in [0.25, 0.3) is 5.69 Å². The van der Waals surface area contributed by atoms with Gasteiger partial charge in [0.15, 0.2) is 0 Å². The number of para-hydroxylation sites is 2. The number of aryl methyl sites for hydroxylation is 1. The molecule has 0 radical (unpaired) electrons. The summed E-state index contributed by atoms with van der Waals surface area (Å²) >= 11 is 0. The van der Waals surface area contributed by atoms with Gasteiger partial charge in [0.05, 0.1) is 24.9 Å². The number of rotatable bonds is 5. The molecule has 0 bridgehead atoms. The van der Waals surface area contributed by atoms with Crippen LogP contribution in [-0.2, 0) is 0 Å². The highest BCUT2D eigenvalue weighted by Crippen LogP contribution is 2.37. The van der Waals surface area contributed by atoms with Gasteiger partial charge in [-0.3, -0.25) is 9.89 Å². The highest BCUT2D eigenvalue weighted by molar-refractivity contribution is 5.46. The Hall–Kier alpha value is -3.77. The van der Waals surface area contributed by atoms with Gasteiger partial charge in [0.2, 0.25) is 0 Å². The van der Waals surface area contributed by atoms with E-state index in [1.165, 1.54) is 11.8 Å². The molecular weight excluding hydrogens is 340 g/mol. The van der Waals surface area contributed by atoms with Crippen LogP contribution in [0.5, 0.6) is 5.75 Å². The van der Waals surface area contributed by atoms with E-state index in [0.717, 1.165) is 0 Å². The van der Waals surface area contributed by atoms with Crippen molar-refractivity contribution >= 4 is 0 Å². The van der Waals surface area contributed by atoms with Gasteiger partial charge in [-0.25, -0.2) is 4.68 Å². The Kier molecular flexibility index (Phi) is 5.10. The summed E-state index contributed by atoms with van der Waals surface area (Å²) in [6, 6.07) is 20.4. The van der Waals surface area contributed by atoms with Crippen molar-refractivity contribution in [3.8, 4) is 23.6 Å². The minimum absolute atomic E-state index is 0.287. The van der Waals surface area contributed by atoms with Crippen LogP contribution in [0.3, 0.4) is 0 Å². The van der Waals surface area contributed by atoms with Gasteiger partial charge in [-0.05, 0) is 25.1 Å². The highest BCUT2D eigenvalue weighted by Gasteiger charge is 2.33. The van der Waals surface area contributed by atoms with Crippen molar-refractivity contribution in [2.75, 3.05) is 7.11 Å². The van der Waals surface area contributed by atoms with Crippen molar-refractivity contribution in [1.29, 1.82) is 10.5 Å². The van der Waals surface area contributed by atoms with E-state index in [0.29, 0.717) is 28.3 Å². The third kappa shape index (κ3) is 3.21. The standard InChI is InChI=1S/C21H18N4O2/c1-14-19(21(26)25(24-14)16-8-4-3-5-9-16)20(15(12-22)13-23)17-10-6-7-11-18(17)27-2/h3-11,15,20,24H,1-2H3/t20-/m1/s1. The summed E-state index contributed by atoms with van der Waals surface area (Å²) < 4.78 is 6.85. The smallest absolute Gasteiger partial charge is 0.275 e. The Morgan fingerprint density at radius 2 is 1.67 bits per heavy atom. The first-order chi connectivity index (χ1) is 13.1. The number of H-pyrrole nitrogens is 1. The molecule has 1 heterocycles. The third-order valence-electron chi connectivity index (χ3n) is 4.53. The molecule has 0 aliphatic carbocycles. The fourth-order valence-corrected chi connectivity index (χ4v) is 3.29. The number of methoxy groups -OCH3 is 1. The quantitative estimate of drug-likeness (QED) is 0.757. The van der Waals surface area contributed by atoms with Gasteiger partial charge in [-0.15, -0.1) is 0 Å². The molecule has 27 heavy (non-hydrogen) atoms. The first-order valence-corrected chi connectivity index (χ1v) is 8.41. The molecule has 1 atom stereocenters. The van der Waals surface area contributed by atoms with E-state index < -0.39 is 11.8 Å². The van der Waals surface area contributed by atoms with Crippen LogP contribution >= 0.6 is 0 Å². The predicted octanol–water partition coefficient (Wildman–Crippen LogP) is 3.28. The molecule has 134 valence electrons. The second-order valence-corrected chi connectivity index (χ2v) is 6.08. The Balaban J connectivity index is 2.26. The molecule has 3 rings (SSSR count). The lowest BCUT2D eigenvalue weighted by molar-refractivity contribution is 0.406. The van der Waals surface area contributed by atoms with E-state index in [2.05, 4.69) is 5.10 Å². The number of nitriles is 2. The van der Waals surface area contributed by atoms with Gasteiger partial charge >= 0.3 is 0 Å². The molecule has 0 unspecified atom stereocenters. The lowest BCUT2D eigenvalue weighted by Gasteiger charge is -2.19. The number of benzene rings is 2. The van der Waals surface area contributed by atoms with Crippen LogP contribution in [-0.4, -0.2) is 16.9 Å². The molecule has 2 aromatic carbocycles. The fraction of sp³-hybridized carbons (Fsp3) is 0.190. The van der Waals surface area contributed by atoms with E-state index in [9.17, 15) is 15.3 Å². The van der Waals surface area contributed by atoms with Crippen molar-refractivity contribution in [2.45, 2.75) is 12.8 Å². The second kappa shape index (κ2) is 7.63. The molecule has 0 saturated heterocycles. The summed E-state index contributed by atoms with van der Waals surface area (Å²) in [6.45, 7) is 1.77. The number of nitrogens with one attached hydrogen (secondary N) is 1. The number of hydrogen-bond donors (Lipinski definition) is 1. The molecule has 0 aliphatic rings. The fourth-order valence-electron chi connectivity index (χ4n) is 3.29. The van der Waals surface area contributed by atoms with Crippen molar-refractivity contribution in [3.05, 3.63) is 81.8 Å². The Bertz CT molecular complexity index is 1070. The van der Waals surface area contributed by atoms with Crippen LogP contribution in [0.15, 0.2) is 59.4 Å². The van der Waals surface area contributed by atoms with Crippen LogP contribution in [0.1, 0.15) is 22.7 Å². The summed E-state index contributed by atoms with van der Waals surface area (Å²) in [5, 5.41) is 22.2. The van der Waals surface area contributed by atoms with Gasteiger partial charge < -0.3 is 4.74 Å². The van der Waals surface area contributed by atoms with E-state index >= 15 is 0 Å². The first-order valence-electron chi connectivity index (χ1n) is 8.41. The monoisotopic (exact) mass is 358 g/mol. The number of hydrogen-bond acceptors (Lipinski definition) is 4. The van der Waals surface area contributed by atoms with Crippen LogP contribution in [0.4, 0.5) is 0 Å². The summed E-state index contributed by atoms with van der Waals surface area (Å²) in [4.78, 5) is 13.2. The number of aromatic nitrogens is 2. The molecular formula is C21H18N4O2. The molecule has 1 N–H and O–H groups in total. The van der Waals surface area contributed by atoms with E-state index in [1.54, 1.807) is 31.2 Å². The lowest BCUT2D eigenvalue weighted by Crippen LogP contribution is -2.23. The number of nitrogens with zero attached hydrogens (tertiary/aromatic N) is 3. The SMILES string of the molecule is COc1ccccc1[C@H](c1c(C)[nH]n(-c2ccccc2)c1=O)C(C#N)C#N. The molecule has 6 nitrogen and oxygen atoms in total. The maximum absolute atomic E-state index is 13.2. The summed E-state index contributed by atoms with van der Waals surface area (Å²) in [6.07, 6.45) is 0. The summed E-state index contributed by atoms with van der Waals surface area (Å²) in [5.74, 6) is -1.23. The zero-order chi connectivity index (χ0) is 19.4. The molecule has 1 aromatic heterocycles. The van der Waals surface area contributed by atoms with Gasteiger partial charge in [0, 0.05) is 22.7 Å². The van der Waals surface area contributed by atoms with Gasteiger partial charge in [0.1, 0.15) is 11.7 Å². The van der Waals surface area contributed by atoms with E-state index in [1.807, 2.05) is 42.5 Å². The Morgan fingerprint density at radius 1 is 1.04 bits per heavy atom. The summed E-state index contributed by atoms with van der Waals surface area (Å²) in [7, 11) is 1.52. The van der Waals surface area contributed by atoms with Crippen molar-refractivity contribution in [2.24, 2.45) is 5.92 Å². The maximum Gasteiger partial charge on any atom is 0.275 e. The van der Waals surface area contributed by atoms with E-state index in [4.69, 9.17) is 4.74 Å². The van der Waals surface area contributed by atoms with Gasteiger partial charge in [0.25, 0.3) is 5.56 Å². The van der Waals surface area contributed by atoms with Gasteiger partial charge in [-0.1, -0.05) is 36.4 Å². The summed E-state index contributed by atoms with van der Waals surface area (Å²) in [5.41, 5.74) is 2.02. The van der Waals surface area contributed by atoms with E-state index in [-0.39, 0.29) is 5.56 Å². The molecule has 0 amide bonds. The second-order valence-electron chi connectivity index (χ2n) is 6.08. The minimum Gasteiger partial charge on any atom is -0.496 e. The van der Waals surface area contributed by atoms with Crippen LogP contribution < -0.4 is 10.3 Å². The molecule has 6 heteroatoms. The zero-order valence-corrected chi connectivity index (χ0v) is 15.0. The molecule has 3 aromatic rings. The molecule has 0 fully saturated rings. The topological polar surface area (TPSA) is 94.6 Å². The predicted molar refractivity (Wildman–Crippen MR) is 101 cm³/mol. The highest BCUT2D eigenvalue weighted by atomic mass is 16.5. The van der Waals surface area contributed by atoms with Crippen molar-refractivity contribution in [3.63, 3.8) is 0 Å². The van der Waals surface area contributed by atoms with Crippen molar-refractivity contribution in [1.82, 2.24) is 9.78 Å². The average molecular weight is 358 g/mol. The molecule has 0 spiro atoms. The maximum atomic E-state index is 13.2. The van der Waals surface area contributed by atoms with Crippen LogP contribution in [0.2, 0.25) is 0 Å². The molecule has 0 aliphatic heterocycles. The average Bonchev–Trinajstić information content (AvgIpc) is 3.01. The lowest BCUT2D eigenvalue weighted by atomic mass is 9.81. The van der Waals surface area contributed by atoms with Gasteiger partial charge in [-0.2, -0.15) is 10.5 Å². The minimum atomic E-state index is -1.03. The Labute approximate surface area is 156 Å². The third-order valence-corrected chi connectivity index (χ3v) is 4.53. The van der Waals surface area contributed by atoms with Crippen molar-refractivity contribution < 1.29 is 4.74 Å². The normalized spacial score (nSPS) is 11.6. The Morgan fingerprint density at radius 3 is 2.30 bits per heavy atom. The first kappa shape index (κ1) is 18.0. The van der Waals surface area contributed by atoms with Crippen LogP contribution in [0, 0.1) is 35.5 Å². The zero-order valence-electron chi connectivity index (χ0n) is 15.0. The molecule has 0 saturated carbocycles.